The summed E-state index contributed by atoms with van der Waals surface area (Å²) in [6, 6.07) is 17.9. The van der Waals surface area contributed by atoms with Gasteiger partial charge in [-0.2, -0.15) is 0 Å². The van der Waals surface area contributed by atoms with Gasteiger partial charge in [-0.15, -0.1) is 0 Å². The third-order valence-electron chi connectivity index (χ3n) is 6.13. The Bertz CT molecular complexity index is 1360. The van der Waals surface area contributed by atoms with Crippen molar-refractivity contribution < 1.29 is 18.7 Å². The summed E-state index contributed by atoms with van der Waals surface area (Å²) in [5.41, 5.74) is 7.30. The average Bonchev–Trinajstić information content (AvgIpc) is 3.29. The Hall–Kier alpha value is -3.99. The molecular formula is C30H31NO4. The molecule has 1 aromatic heterocycles. The van der Waals surface area contributed by atoms with Gasteiger partial charge in [0.25, 0.3) is 0 Å². The highest BCUT2D eigenvalue weighted by atomic mass is 16.5. The fourth-order valence-corrected chi connectivity index (χ4v) is 4.27. The van der Waals surface area contributed by atoms with Crippen molar-refractivity contribution in [3.05, 3.63) is 83.6 Å². The van der Waals surface area contributed by atoms with Crippen molar-refractivity contribution in [3.8, 4) is 22.6 Å². The predicted octanol–water partition coefficient (Wildman–Crippen LogP) is 7.42. The number of hydrogen-bond donors (Lipinski definition) is 1. The van der Waals surface area contributed by atoms with E-state index in [1.54, 1.807) is 19.4 Å². The van der Waals surface area contributed by atoms with Crippen LogP contribution in [-0.2, 0) is 11.2 Å². The molecule has 1 amide bonds. The monoisotopic (exact) mass is 469 g/mol. The third-order valence-corrected chi connectivity index (χ3v) is 6.13. The van der Waals surface area contributed by atoms with E-state index in [0.29, 0.717) is 12.4 Å². The number of furan rings is 1. The molecule has 0 saturated heterocycles. The number of amides is 1. The number of carbonyl (C=O) groups excluding carboxylic acids is 1. The van der Waals surface area contributed by atoms with Crippen LogP contribution >= 0.6 is 0 Å². The Kier molecular flexibility index (Phi) is 7.25. The number of benzene rings is 3. The number of hydrogen-bond acceptors (Lipinski definition) is 4. The summed E-state index contributed by atoms with van der Waals surface area (Å²) in [6.45, 7) is 8.58. The Labute approximate surface area is 206 Å². The van der Waals surface area contributed by atoms with Crippen LogP contribution < -0.4 is 14.8 Å². The molecule has 1 N–H and O–H groups in total. The second-order valence-electron chi connectivity index (χ2n) is 8.43. The number of aryl methyl sites for hydroxylation is 2. The minimum absolute atomic E-state index is 0.189. The summed E-state index contributed by atoms with van der Waals surface area (Å²) < 4.78 is 17.3. The van der Waals surface area contributed by atoms with Crippen LogP contribution in [0.5, 0.6) is 11.5 Å². The van der Waals surface area contributed by atoms with Gasteiger partial charge in [0.1, 0.15) is 17.1 Å². The number of methoxy groups -OCH3 is 1. The molecule has 5 nitrogen and oxygen atoms in total. The van der Waals surface area contributed by atoms with E-state index in [0.717, 1.165) is 56.7 Å². The molecule has 0 aliphatic heterocycles. The molecule has 4 aromatic rings. The van der Waals surface area contributed by atoms with Crippen LogP contribution in [0, 0.1) is 6.92 Å². The summed E-state index contributed by atoms with van der Waals surface area (Å²) in [7, 11) is 1.64. The SMILES string of the molecule is CCOc1ccc(-c2coc3c(C)c(OC)c(/C(C)=C/C(=O)Nc4ccc(CC)cc4)cc23)cc1. The molecule has 0 atom stereocenters. The molecule has 0 unspecified atom stereocenters. The second-order valence-corrected chi connectivity index (χ2v) is 8.43. The fraction of sp³-hybridized carbons (Fsp3) is 0.233. The highest BCUT2D eigenvalue weighted by Crippen LogP contribution is 2.40. The lowest BCUT2D eigenvalue weighted by Gasteiger charge is -2.13. The maximum absolute atomic E-state index is 12.8. The lowest BCUT2D eigenvalue weighted by atomic mass is 9.96. The van der Waals surface area contributed by atoms with Gasteiger partial charge < -0.3 is 19.2 Å². The van der Waals surface area contributed by atoms with Crippen molar-refractivity contribution in [2.75, 3.05) is 19.0 Å². The van der Waals surface area contributed by atoms with Crippen LogP contribution in [0.4, 0.5) is 5.69 Å². The number of carbonyl (C=O) groups is 1. The van der Waals surface area contributed by atoms with E-state index in [4.69, 9.17) is 13.9 Å². The summed E-state index contributed by atoms with van der Waals surface area (Å²) in [4.78, 5) is 12.8. The predicted molar refractivity (Wildman–Crippen MR) is 142 cm³/mol. The first-order valence-electron chi connectivity index (χ1n) is 11.9. The number of anilines is 1. The summed E-state index contributed by atoms with van der Waals surface area (Å²) >= 11 is 0. The molecule has 0 bridgehead atoms. The van der Waals surface area contributed by atoms with E-state index in [9.17, 15) is 4.79 Å². The van der Waals surface area contributed by atoms with Crippen molar-refractivity contribution in [1.29, 1.82) is 0 Å². The molecule has 35 heavy (non-hydrogen) atoms. The van der Waals surface area contributed by atoms with Gasteiger partial charge in [-0.3, -0.25) is 4.79 Å². The highest BCUT2D eigenvalue weighted by Gasteiger charge is 2.19. The third kappa shape index (κ3) is 5.09. The highest BCUT2D eigenvalue weighted by molar-refractivity contribution is 6.06. The Morgan fingerprint density at radius 3 is 2.40 bits per heavy atom. The smallest absolute Gasteiger partial charge is 0.248 e. The van der Waals surface area contributed by atoms with Crippen LogP contribution in [0.2, 0.25) is 0 Å². The summed E-state index contributed by atoms with van der Waals surface area (Å²) in [6.07, 6.45) is 4.33. The molecule has 0 aliphatic carbocycles. The zero-order chi connectivity index (χ0) is 24.9. The van der Waals surface area contributed by atoms with E-state index in [1.165, 1.54) is 5.56 Å². The molecule has 180 valence electrons. The fourth-order valence-electron chi connectivity index (χ4n) is 4.27. The maximum Gasteiger partial charge on any atom is 0.248 e. The normalized spacial score (nSPS) is 11.5. The average molecular weight is 470 g/mol. The molecular weight excluding hydrogens is 438 g/mol. The lowest BCUT2D eigenvalue weighted by molar-refractivity contribution is -0.111. The molecule has 3 aromatic carbocycles. The molecule has 0 spiro atoms. The zero-order valence-electron chi connectivity index (χ0n) is 20.9. The van der Waals surface area contributed by atoms with Crippen LogP contribution in [0.3, 0.4) is 0 Å². The van der Waals surface area contributed by atoms with E-state index in [1.807, 2.05) is 75.4 Å². The number of nitrogens with one attached hydrogen (secondary N) is 1. The number of ether oxygens (including phenoxy) is 2. The Morgan fingerprint density at radius 1 is 1.06 bits per heavy atom. The van der Waals surface area contributed by atoms with Crippen molar-refractivity contribution in [2.45, 2.75) is 34.1 Å². The van der Waals surface area contributed by atoms with Gasteiger partial charge in [-0.25, -0.2) is 0 Å². The van der Waals surface area contributed by atoms with Gasteiger partial charge >= 0.3 is 0 Å². The number of allylic oxidation sites excluding steroid dienone is 1. The zero-order valence-corrected chi connectivity index (χ0v) is 20.9. The maximum atomic E-state index is 12.8. The Morgan fingerprint density at radius 2 is 1.77 bits per heavy atom. The van der Waals surface area contributed by atoms with Crippen LogP contribution in [-0.4, -0.2) is 19.6 Å². The first-order chi connectivity index (χ1) is 16.9. The van der Waals surface area contributed by atoms with Gasteiger partial charge in [0.15, 0.2) is 0 Å². The van der Waals surface area contributed by atoms with Crippen molar-refractivity contribution in [3.63, 3.8) is 0 Å². The molecule has 0 fully saturated rings. The molecule has 1 heterocycles. The van der Waals surface area contributed by atoms with Gasteiger partial charge in [0.2, 0.25) is 5.91 Å². The molecule has 0 saturated carbocycles. The summed E-state index contributed by atoms with van der Waals surface area (Å²) in [5, 5.41) is 3.91. The van der Waals surface area contributed by atoms with E-state index >= 15 is 0 Å². The minimum atomic E-state index is -0.189. The second kappa shape index (κ2) is 10.5. The van der Waals surface area contributed by atoms with E-state index in [-0.39, 0.29) is 5.91 Å². The van der Waals surface area contributed by atoms with Crippen molar-refractivity contribution >= 4 is 28.1 Å². The van der Waals surface area contributed by atoms with Crippen LogP contribution in [0.25, 0.3) is 27.7 Å². The largest absolute Gasteiger partial charge is 0.496 e. The number of rotatable bonds is 8. The van der Waals surface area contributed by atoms with Crippen LogP contribution in [0.1, 0.15) is 37.5 Å². The quantitative estimate of drug-likeness (QED) is 0.273. The first kappa shape index (κ1) is 24.1. The van der Waals surface area contributed by atoms with Gasteiger partial charge in [-0.1, -0.05) is 31.2 Å². The summed E-state index contributed by atoms with van der Waals surface area (Å²) in [5.74, 6) is 1.33. The van der Waals surface area contributed by atoms with E-state index < -0.39 is 0 Å². The van der Waals surface area contributed by atoms with Crippen molar-refractivity contribution in [1.82, 2.24) is 0 Å². The molecule has 5 heteroatoms. The van der Waals surface area contributed by atoms with Crippen molar-refractivity contribution in [2.24, 2.45) is 0 Å². The van der Waals surface area contributed by atoms with Gasteiger partial charge in [-0.05, 0) is 74.2 Å². The van der Waals surface area contributed by atoms with Gasteiger partial charge in [0.05, 0.1) is 20.0 Å². The Balaban J connectivity index is 1.70. The van der Waals surface area contributed by atoms with E-state index in [2.05, 4.69) is 12.2 Å². The topological polar surface area (TPSA) is 60.7 Å². The lowest BCUT2D eigenvalue weighted by Crippen LogP contribution is -2.08. The standard InChI is InChI=1S/C30H31NO4/c1-6-21-8-12-23(13-9-21)31-28(32)16-19(3)25-17-26-27(18-35-30(26)20(4)29(25)33-5)22-10-14-24(15-11-22)34-7-2/h8-18H,6-7H2,1-5H3,(H,31,32)/b19-16+. The molecule has 4 rings (SSSR count). The molecule has 0 radical (unpaired) electrons. The van der Waals surface area contributed by atoms with Crippen LogP contribution in [0.15, 0.2) is 71.4 Å². The molecule has 0 aliphatic rings. The number of fused-ring (bicyclic) bond motifs is 1. The van der Waals surface area contributed by atoms with Gasteiger partial charge in [0, 0.05) is 33.8 Å². The minimum Gasteiger partial charge on any atom is -0.496 e. The first-order valence-corrected chi connectivity index (χ1v) is 11.9.